The number of nitrogens with zero attached hydrogens (tertiary/aromatic N) is 1. The molecule has 0 saturated carbocycles. The van der Waals surface area contributed by atoms with Crippen molar-refractivity contribution in [2.24, 2.45) is 0 Å². The molecule has 0 spiro atoms. The van der Waals surface area contributed by atoms with E-state index in [0.717, 1.165) is 0 Å². The molecule has 0 unspecified atom stereocenters. The van der Waals surface area contributed by atoms with Crippen LogP contribution in [0, 0.1) is 0 Å². The normalized spacial score (nSPS) is 10.8. The first-order valence-corrected chi connectivity index (χ1v) is 5.01. The van der Waals surface area contributed by atoms with Crippen molar-refractivity contribution in [2.45, 2.75) is 19.8 Å². The second kappa shape index (κ2) is 7.48. The predicted octanol–water partition coefficient (Wildman–Crippen LogP) is 0.695. The molecule has 5 nitrogen and oxygen atoms in total. The lowest BCUT2D eigenvalue weighted by Crippen LogP contribution is -2.12. The molecule has 12 heavy (non-hydrogen) atoms. The highest BCUT2D eigenvalue weighted by Gasteiger charge is 1.84. The van der Waals surface area contributed by atoms with E-state index in [1.54, 1.807) is 0 Å². The second-order valence-electron chi connectivity index (χ2n) is 2.60. The predicted molar refractivity (Wildman–Crippen MR) is 47.6 cm³/mol. The molecular weight excluding hydrogens is 182 g/mol. The highest BCUT2D eigenvalue weighted by atomic mass is 32.3. The van der Waals surface area contributed by atoms with Gasteiger partial charge in [-0.2, -0.15) is 8.42 Å². The van der Waals surface area contributed by atoms with E-state index >= 15 is 0 Å². The van der Waals surface area contributed by atoms with Gasteiger partial charge in [0.05, 0.1) is 0 Å². The quantitative estimate of drug-likeness (QED) is 0.654. The maximum absolute atomic E-state index is 8.74. The van der Waals surface area contributed by atoms with Crippen LogP contribution in [0.1, 0.15) is 19.8 Å². The lowest BCUT2D eigenvalue weighted by atomic mass is 10.3. The van der Waals surface area contributed by atoms with Crippen molar-refractivity contribution in [2.75, 3.05) is 20.6 Å². The molecule has 0 heterocycles. The Morgan fingerprint density at radius 3 is 1.67 bits per heavy atom. The fraction of sp³-hybridized carbons (Fsp3) is 1.00. The van der Waals surface area contributed by atoms with Gasteiger partial charge in [-0.3, -0.25) is 9.11 Å². The Morgan fingerprint density at radius 2 is 1.58 bits per heavy atom. The summed E-state index contributed by atoms with van der Waals surface area (Å²) in [5, 5.41) is 0. The van der Waals surface area contributed by atoms with Crippen LogP contribution in [0.2, 0.25) is 0 Å². The van der Waals surface area contributed by atoms with Crippen LogP contribution >= 0.6 is 0 Å². The molecule has 0 aromatic rings. The molecule has 0 aromatic heterocycles. The van der Waals surface area contributed by atoms with Gasteiger partial charge in [-0.1, -0.05) is 13.3 Å². The molecule has 0 bridgehead atoms. The third-order valence-electron chi connectivity index (χ3n) is 0.959. The number of unbranched alkanes of at least 4 members (excludes halogenated alkanes) is 1. The zero-order valence-electron chi connectivity index (χ0n) is 7.69. The summed E-state index contributed by atoms with van der Waals surface area (Å²) in [5.41, 5.74) is 0. The van der Waals surface area contributed by atoms with Gasteiger partial charge in [0.15, 0.2) is 0 Å². The van der Waals surface area contributed by atoms with Crippen LogP contribution < -0.4 is 0 Å². The maximum atomic E-state index is 8.74. The van der Waals surface area contributed by atoms with Crippen LogP contribution in [-0.2, 0) is 10.4 Å². The van der Waals surface area contributed by atoms with Gasteiger partial charge >= 0.3 is 10.4 Å². The number of hydrogen-bond donors (Lipinski definition) is 2. The Kier molecular flexibility index (Phi) is 8.95. The Hall–Kier alpha value is -0.170. The third kappa shape index (κ3) is 52.2. The average Bonchev–Trinajstić information content (AvgIpc) is 1.79. The van der Waals surface area contributed by atoms with Crippen LogP contribution in [0.25, 0.3) is 0 Å². The molecule has 6 heteroatoms. The molecule has 0 aliphatic heterocycles. The first-order valence-electron chi connectivity index (χ1n) is 3.62. The Balaban J connectivity index is 0. The monoisotopic (exact) mass is 199 g/mol. The Morgan fingerprint density at radius 1 is 1.25 bits per heavy atom. The van der Waals surface area contributed by atoms with Crippen molar-refractivity contribution in [1.82, 2.24) is 4.90 Å². The summed E-state index contributed by atoms with van der Waals surface area (Å²) in [6.45, 7) is 3.44. The van der Waals surface area contributed by atoms with E-state index in [1.807, 2.05) is 0 Å². The van der Waals surface area contributed by atoms with Crippen LogP contribution in [0.15, 0.2) is 0 Å². The van der Waals surface area contributed by atoms with E-state index in [2.05, 4.69) is 25.9 Å². The SMILES string of the molecule is CCCCN(C)C.O=S(=O)(O)O. The minimum absolute atomic E-state index is 1.23. The molecule has 0 amide bonds. The summed E-state index contributed by atoms with van der Waals surface area (Å²) in [5.74, 6) is 0. The number of hydrogen-bond acceptors (Lipinski definition) is 3. The summed E-state index contributed by atoms with van der Waals surface area (Å²) in [6.07, 6.45) is 2.63. The molecule has 0 aliphatic rings. The molecule has 2 N–H and O–H groups in total. The fourth-order valence-corrected chi connectivity index (χ4v) is 0.474. The zero-order valence-corrected chi connectivity index (χ0v) is 8.50. The topological polar surface area (TPSA) is 77.8 Å². The van der Waals surface area contributed by atoms with E-state index in [9.17, 15) is 0 Å². The summed E-state index contributed by atoms with van der Waals surface area (Å²) in [7, 11) is -0.453. The van der Waals surface area contributed by atoms with E-state index in [4.69, 9.17) is 17.5 Å². The maximum Gasteiger partial charge on any atom is 0.394 e. The first-order chi connectivity index (χ1) is 5.27. The molecule has 0 aromatic carbocycles. The Bertz CT molecular complexity index is 168. The smallest absolute Gasteiger partial charge is 0.309 e. The van der Waals surface area contributed by atoms with Gasteiger partial charge in [-0.15, -0.1) is 0 Å². The van der Waals surface area contributed by atoms with Crippen molar-refractivity contribution in [3.05, 3.63) is 0 Å². The molecule has 0 saturated heterocycles. The van der Waals surface area contributed by atoms with Gasteiger partial charge in [0.25, 0.3) is 0 Å². The zero-order chi connectivity index (χ0) is 10.2. The summed E-state index contributed by atoms with van der Waals surface area (Å²) < 4.78 is 31.6. The van der Waals surface area contributed by atoms with Crippen LogP contribution in [-0.4, -0.2) is 43.1 Å². The highest BCUT2D eigenvalue weighted by Crippen LogP contribution is 1.86. The van der Waals surface area contributed by atoms with Crippen molar-refractivity contribution in [1.29, 1.82) is 0 Å². The summed E-state index contributed by atoms with van der Waals surface area (Å²) in [6, 6.07) is 0. The number of rotatable bonds is 3. The summed E-state index contributed by atoms with van der Waals surface area (Å²) in [4.78, 5) is 2.21. The van der Waals surface area contributed by atoms with Gasteiger partial charge in [-0.25, -0.2) is 0 Å². The Labute approximate surface area is 74.0 Å². The first kappa shape index (κ1) is 14.4. The van der Waals surface area contributed by atoms with Crippen molar-refractivity contribution in [3.63, 3.8) is 0 Å². The van der Waals surface area contributed by atoms with E-state index in [1.165, 1.54) is 19.4 Å². The molecule has 0 fully saturated rings. The molecule has 76 valence electrons. The standard InChI is InChI=1S/C6H15N.H2O4S/c1-4-5-6-7(2)3;1-5(2,3)4/h4-6H2,1-3H3;(H2,1,2,3,4). The van der Waals surface area contributed by atoms with Crippen molar-refractivity contribution < 1.29 is 17.5 Å². The highest BCUT2D eigenvalue weighted by molar-refractivity contribution is 7.79. The molecule has 0 aliphatic carbocycles. The molecule has 0 radical (unpaired) electrons. The van der Waals surface area contributed by atoms with Crippen LogP contribution in [0.3, 0.4) is 0 Å². The van der Waals surface area contributed by atoms with Crippen molar-refractivity contribution in [3.8, 4) is 0 Å². The van der Waals surface area contributed by atoms with E-state index in [-0.39, 0.29) is 0 Å². The van der Waals surface area contributed by atoms with E-state index < -0.39 is 10.4 Å². The van der Waals surface area contributed by atoms with Crippen LogP contribution in [0.4, 0.5) is 0 Å². The second-order valence-corrected chi connectivity index (χ2v) is 3.50. The fourth-order valence-electron chi connectivity index (χ4n) is 0.474. The van der Waals surface area contributed by atoms with Crippen molar-refractivity contribution >= 4 is 10.4 Å². The minimum atomic E-state index is -4.67. The third-order valence-corrected chi connectivity index (χ3v) is 0.959. The van der Waals surface area contributed by atoms with Gasteiger partial charge in [0.2, 0.25) is 0 Å². The van der Waals surface area contributed by atoms with Gasteiger partial charge in [0, 0.05) is 0 Å². The summed E-state index contributed by atoms with van der Waals surface area (Å²) >= 11 is 0. The lowest BCUT2D eigenvalue weighted by Gasteiger charge is -2.05. The molecule has 0 atom stereocenters. The van der Waals surface area contributed by atoms with Gasteiger partial charge in [-0.05, 0) is 27.1 Å². The molecule has 0 rings (SSSR count). The average molecular weight is 199 g/mol. The van der Waals surface area contributed by atoms with Gasteiger partial charge < -0.3 is 4.90 Å². The van der Waals surface area contributed by atoms with E-state index in [0.29, 0.717) is 0 Å². The lowest BCUT2D eigenvalue weighted by molar-refractivity contribution is 0.381. The molecular formula is C6H17NO4S. The largest absolute Gasteiger partial charge is 0.394 e. The minimum Gasteiger partial charge on any atom is -0.309 e. The van der Waals surface area contributed by atoms with Crippen LogP contribution in [0.5, 0.6) is 0 Å². The van der Waals surface area contributed by atoms with Gasteiger partial charge in [0.1, 0.15) is 0 Å².